The summed E-state index contributed by atoms with van der Waals surface area (Å²) in [6.45, 7) is 0.527. The van der Waals surface area contributed by atoms with Crippen LogP contribution in [0.3, 0.4) is 0 Å². The van der Waals surface area contributed by atoms with Crippen molar-refractivity contribution in [1.29, 1.82) is 0 Å². The Morgan fingerprint density at radius 3 is 2.60 bits per heavy atom. The van der Waals surface area contributed by atoms with Crippen LogP contribution in [0.4, 0.5) is 13.2 Å². The van der Waals surface area contributed by atoms with E-state index in [4.69, 9.17) is 9.72 Å². The third-order valence-electron chi connectivity index (χ3n) is 7.78. The van der Waals surface area contributed by atoms with Crippen LogP contribution in [0, 0.1) is 0 Å². The number of nitrogens with one attached hydrogen (secondary N) is 2. The first-order valence-corrected chi connectivity index (χ1v) is 14.6. The van der Waals surface area contributed by atoms with Gasteiger partial charge in [0.1, 0.15) is 11.9 Å². The molecule has 0 radical (unpaired) electrons. The molecule has 1 unspecified atom stereocenters. The second-order valence-electron chi connectivity index (χ2n) is 10.5. The molecule has 2 N–H and O–H groups in total. The van der Waals surface area contributed by atoms with E-state index in [9.17, 15) is 18.0 Å². The van der Waals surface area contributed by atoms with Gasteiger partial charge in [-0.25, -0.2) is 9.37 Å². The quantitative estimate of drug-likeness (QED) is 0.200. The van der Waals surface area contributed by atoms with E-state index >= 15 is 0 Å². The Morgan fingerprint density at radius 1 is 1.14 bits per heavy atom. The molecule has 228 valence electrons. The van der Waals surface area contributed by atoms with E-state index < -0.39 is 18.7 Å². The number of fused-ring (bicyclic) bond motifs is 3. The minimum absolute atomic E-state index is 0. The van der Waals surface area contributed by atoms with Gasteiger partial charge in [0.15, 0.2) is 4.96 Å². The summed E-state index contributed by atoms with van der Waals surface area (Å²) in [5.41, 5.74) is 3.72. The lowest BCUT2D eigenvalue weighted by atomic mass is 10.0. The molecule has 2 aromatic heterocycles. The summed E-state index contributed by atoms with van der Waals surface area (Å²) >= 11 is 1.39. The number of hydrogen-bond donors (Lipinski definition) is 2. The number of rotatable bonds is 9. The van der Waals surface area contributed by atoms with Gasteiger partial charge in [0.25, 0.3) is 5.91 Å². The van der Waals surface area contributed by atoms with Crippen molar-refractivity contribution < 1.29 is 22.7 Å². The third kappa shape index (κ3) is 7.14. The smallest absolute Gasteiger partial charge is 0.387 e. The molecule has 4 heterocycles. The molecule has 2 fully saturated rings. The van der Waals surface area contributed by atoms with Gasteiger partial charge in [-0.2, -0.15) is 8.78 Å². The fourth-order valence-corrected chi connectivity index (χ4v) is 6.64. The molecule has 2 aromatic carbocycles. The van der Waals surface area contributed by atoms with Crippen LogP contribution in [0.1, 0.15) is 54.1 Å². The maximum atomic E-state index is 13.3. The van der Waals surface area contributed by atoms with Gasteiger partial charge in [0.2, 0.25) is 0 Å². The average Bonchev–Trinajstić information content (AvgIpc) is 3.69. The lowest BCUT2D eigenvalue weighted by Crippen LogP contribution is -2.36. The molecule has 0 aliphatic carbocycles. The summed E-state index contributed by atoms with van der Waals surface area (Å²) in [5, 5.41) is 6.33. The summed E-state index contributed by atoms with van der Waals surface area (Å²) in [4.78, 5) is 20.6. The van der Waals surface area contributed by atoms with Gasteiger partial charge in [-0.05, 0) is 56.8 Å². The van der Waals surface area contributed by atoms with Crippen molar-refractivity contribution in [2.45, 2.75) is 50.9 Å². The van der Waals surface area contributed by atoms with Gasteiger partial charge in [-0.1, -0.05) is 35.6 Å². The number of halogens is 5. The lowest BCUT2D eigenvalue weighted by Gasteiger charge is -2.28. The second kappa shape index (κ2) is 14.3. The Kier molecular flexibility index (Phi) is 11.0. The molecule has 2 aliphatic rings. The monoisotopic (exact) mass is 643 g/mol. The maximum Gasteiger partial charge on any atom is 0.387 e. The van der Waals surface area contributed by atoms with Crippen molar-refractivity contribution in [3.8, 4) is 17.0 Å². The SMILES string of the molecule is Cl.Cl.O=C(NCCCN1CCC(F)CC1)c1cc2sc3nc(-c4ccc(C5CCCN5)cc4)cn3c2cc1OC(F)F. The molecule has 2 aliphatic heterocycles. The Bertz CT molecular complexity index is 1490. The van der Waals surface area contributed by atoms with E-state index in [2.05, 4.69) is 39.8 Å². The average molecular weight is 645 g/mol. The molecular weight excluding hydrogens is 610 g/mol. The highest BCUT2D eigenvalue weighted by atomic mass is 35.5. The van der Waals surface area contributed by atoms with Crippen molar-refractivity contribution >= 4 is 57.2 Å². The van der Waals surface area contributed by atoms with E-state index in [1.807, 2.05) is 10.6 Å². The number of nitrogens with zero attached hydrogens (tertiary/aromatic N) is 3. The van der Waals surface area contributed by atoms with Crippen molar-refractivity contribution in [2.24, 2.45) is 0 Å². The molecule has 0 saturated carbocycles. The predicted molar refractivity (Wildman–Crippen MR) is 165 cm³/mol. The molecule has 7 nitrogen and oxygen atoms in total. The van der Waals surface area contributed by atoms with Crippen LogP contribution >= 0.6 is 36.2 Å². The van der Waals surface area contributed by atoms with Crippen LogP contribution in [0.25, 0.3) is 26.4 Å². The minimum Gasteiger partial charge on any atom is -0.434 e. The number of imidazole rings is 1. The number of aromatic nitrogens is 2. The molecular formula is C29H34Cl2F3N5O2S. The summed E-state index contributed by atoms with van der Waals surface area (Å²) in [6, 6.07) is 11.8. The van der Waals surface area contributed by atoms with Crippen LogP contribution < -0.4 is 15.4 Å². The van der Waals surface area contributed by atoms with Gasteiger partial charge in [0.05, 0.1) is 21.5 Å². The first kappa shape index (κ1) is 32.3. The number of thiazole rings is 1. The minimum atomic E-state index is -3.07. The number of carbonyl (C=O) groups excluding carboxylic acids is 1. The Balaban J connectivity index is 0.00000202. The summed E-state index contributed by atoms with van der Waals surface area (Å²) in [5.74, 6) is -0.642. The van der Waals surface area contributed by atoms with Gasteiger partial charge in [-0.3, -0.25) is 9.20 Å². The standard InChI is InChI=1S/C29H32F3N5O2S.2ClH/c30-20-8-13-36(14-9-20)12-2-11-34-27(38)21-15-26-24(16-25(21)39-28(31)32)37-17-23(35-29(37)40-26)19-6-4-18(5-7-19)22-3-1-10-33-22;;/h4-7,15-17,20,22,28,33H,1-3,8-14H2,(H,34,38);2*1H. The first-order valence-electron chi connectivity index (χ1n) is 13.8. The molecule has 0 spiro atoms. The number of alkyl halides is 3. The normalized spacial score (nSPS) is 17.9. The Hall–Kier alpha value is -2.57. The van der Waals surface area contributed by atoms with Gasteiger partial charge < -0.3 is 20.3 Å². The topological polar surface area (TPSA) is 70.9 Å². The molecule has 4 aromatic rings. The third-order valence-corrected chi connectivity index (χ3v) is 8.80. The Labute approximate surface area is 258 Å². The van der Waals surface area contributed by atoms with Gasteiger partial charge >= 0.3 is 6.61 Å². The fraction of sp³-hybridized carbons (Fsp3) is 0.448. The fourth-order valence-electron chi connectivity index (χ4n) is 5.62. The molecule has 0 bridgehead atoms. The van der Waals surface area contributed by atoms with Crippen molar-refractivity contribution in [3.05, 3.63) is 53.7 Å². The summed E-state index contributed by atoms with van der Waals surface area (Å²) < 4.78 is 47.3. The highest BCUT2D eigenvalue weighted by Gasteiger charge is 2.22. The highest BCUT2D eigenvalue weighted by Crippen LogP contribution is 2.35. The van der Waals surface area contributed by atoms with E-state index in [-0.39, 0.29) is 36.1 Å². The zero-order chi connectivity index (χ0) is 27.6. The van der Waals surface area contributed by atoms with Crippen molar-refractivity contribution in [3.63, 3.8) is 0 Å². The van der Waals surface area contributed by atoms with Gasteiger partial charge in [0, 0.05) is 43.5 Å². The van der Waals surface area contributed by atoms with E-state index in [0.717, 1.165) is 35.5 Å². The molecule has 42 heavy (non-hydrogen) atoms. The van der Waals surface area contributed by atoms with Crippen LogP contribution in [0.5, 0.6) is 5.75 Å². The molecule has 13 heteroatoms. The summed E-state index contributed by atoms with van der Waals surface area (Å²) in [6.07, 6.45) is 5.23. The van der Waals surface area contributed by atoms with Crippen LogP contribution in [0.15, 0.2) is 42.6 Å². The van der Waals surface area contributed by atoms with E-state index in [1.165, 1.54) is 29.4 Å². The number of piperidine rings is 1. The molecule has 2 saturated heterocycles. The zero-order valence-corrected chi connectivity index (χ0v) is 25.3. The molecule has 1 atom stereocenters. The first-order chi connectivity index (χ1) is 19.4. The van der Waals surface area contributed by atoms with Gasteiger partial charge in [-0.15, -0.1) is 24.8 Å². The molecule has 6 rings (SSSR count). The number of benzene rings is 2. The maximum absolute atomic E-state index is 13.3. The largest absolute Gasteiger partial charge is 0.434 e. The van der Waals surface area contributed by atoms with E-state index in [1.54, 1.807) is 6.07 Å². The number of carbonyl (C=O) groups is 1. The lowest BCUT2D eigenvalue weighted by molar-refractivity contribution is -0.0500. The number of hydrogen-bond acceptors (Lipinski definition) is 6. The van der Waals surface area contributed by atoms with Crippen LogP contribution in [-0.2, 0) is 0 Å². The summed E-state index contributed by atoms with van der Waals surface area (Å²) in [7, 11) is 0. The number of amides is 1. The number of ether oxygens (including phenoxy) is 1. The van der Waals surface area contributed by atoms with Crippen molar-refractivity contribution in [1.82, 2.24) is 24.9 Å². The second-order valence-corrected chi connectivity index (χ2v) is 11.5. The highest BCUT2D eigenvalue weighted by molar-refractivity contribution is 7.23. The number of likely N-dealkylation sites (tertiary alicyclic amines) is 1. The zero-order valence-electron chi connectivity index (χ0n) is 22.9. The predicted octanol–water partition coefficient (Wildman–Crippen LogP) is 6.64. The van der Waals surface area contributed by atoms with Crippen molar-refractivity contribution in [2.75, 3.05) is 32.7 Å². The Morgan fingerprint density at radius 2 is 1.90 bits per heavy atom. The van der Waals surface area contributed by atoms with Crippen LogP contribution in [-0.4, -0.2) is 65.7 Å². The van der Waals surface area contributed by atoms with Crippen LogP contribution in [0.2, 0.25) is 0 Å². The molecule has 1 amide bonds. The van der Waals surface area contributed by atoms with E-state index in [0.29, 0.717) is 55.4 Å².